The quantitative estimate of drug-likeness (QED) is 0.408. The van der Waals surface area contributed by atoms with Crippen LogP contribution in [0.15, 0.2) is 43.6 Å². The highest BCUT2D eigenvalue weighted by molar-refractivity contribution is 5.96. The van der Waals surface area contributed by atoms with Crippen LogP contribution in [0.2, 0.25) is 0 Å². The number of aryl methyl sites for hydroxylation is 2. The number of hydrogen-bond donors (Lipinski definition) is 2. The van der Waals surface area contributed by atoms with Gasteiger partial charge >= 0.3 is 0 Å². The minimum Gasteiger partial charge on any atom is -0.353 e. The molecule has 2 heterocycles. The van der Waals surface area contributed by atoms with E-state index in [1.165, 1.54) is 16.5 Å². The molecule has 0 spiro atoms. The number of H-pyrrole nitrogens is 2. The molecule has 5 heteroatoms. The molecule has 5 nitrogen and oxygen atoms in total. The van der Waals surface area contributed by atoms with Crippen molar-refractivity contribution in [2.24, 2.45) is 0 Å². The second-order valence-corrected chi connectivity index (χ2v) is 7.70. The number of amides is 1. The molecule has 1 aromatic carbocycles. The third kappa shape index (κ3) is 3.31. The van der Waals surface area contributed by atoms with Gasteiger partial charge in [0, 0.05) is 23.1 Å². The Morgan fingerprint density at radius 1 is 1.21 bits per heavy atom. The lowest BCUT2D eigenvalue weighted by Crippen LogP contribution is -2.22. The van der Waals surface area contributed by atoms with Crippen LogP contribution in [0.25, 0.3) is 22.3 Å². The predicted octanol–water partition coefficient (Wildman–Crippen LogP) is 5.27. The van der Waals surface area contributed by atoms with E-state index in [2.05, 4.69) is 40.5 Å². The van der Waals surface area contributed by atoms with Crippen LogP contribution >= 0.6 is 0 Å². The highest BCUT2D eigenvalue weighted by atomic mass is 16.1. The van der Waals surface area contributed by atoms with Crippen LogP contribution in [-0.4, -0.2) is 28.1 Å². The zero-order valence-corrected chi connectivity index (χ0v) is 17.0. The van der Waals surface area contributed by atoms with Gasteiger partial charge in [0.25, 0.3) is 0 Å². The average molecular weight is 389 g/mol. The Hall–Kier alpha value is -3.08. The summed E-state index contributed by atoms with van der Waals surface area (Å²) in [7, 11) is 0. The van der Waals surface area contributed by atoms with E-state index in [0.29, 0.717) is 6.54 Å². The Labute approximate surface area is 171 Å². The largest absolute Gasteiger partial charge is 0.353 e. The Morgan fingerprint density at radius 3 is 2.69 bits per heavy atom. The van der Waals surface area contributed by atoms with Gasteiger partial charge in [-0.3, -0.25) is 9.89 Å². The summed E-state index contributed by atoms with van der Waals surface area (Å²) in [6.07, 6.45) is 11.6. The van der Waals surface area contributed by atoms with E-state index in [9.17, 15) is 4.79 Å². The number of fused-ring (bicyclic) bond motifs is 5. The number of carbonyl (C=O) groups excluding carboxylic acids is 1. The SMILES string of the molecule is C=CCC(CC=C)c1cc2[nH]c3c(c2cc1N(C=O)CC)CCCc1cn[nH]c1-3. The van der Waals surface area contributed by atoms with Crippen molar-refractivity contribution in [2.45, 2.75) is 44.9 Å². The van der Waals surface area contributed by atoms with Crippen molar-refractivity contribution in [3.05, 3.63) is 60.3 Å². The first-order chi connectivity index (χ1) is 14.2. The van der Waals surface area contributed by atoms with Gasteiger partial charge < -0.3 is 9.88 Å². The van der Waals surface area contributed by atoms with Gasteiger partial charge in [-0.1, -0.05) is 12.2 Å². The van der Waals surface area contributed by atoms with Gasteiger partial charge in [-0.25, -0.2) is 0 Å². The Morgan fingerprint density at radius 2 is 2.00 bits per heavy atom. The minimum absolute atomic E-state index is 0.240. The summed E-state index contributed by atoms with van der Waals surface area (Å²) in [5.74, 6) is 0.240. The second kappa shape index (κ2) is 8.11. The molecule has 3 aromatic rings. The molecule has 150 valence electrons. The van der Waals surface area contributed by atoms with Gasteiger partial charge in [0.15, 0.2) is 0 Å². The van der Waals surface area contributed by atoms with Crippen LogP contribution in [0, 0.1) is 0 Å². The third-order valence-electron chi connectivity index (χ3n) is 6.01. The Kier molecular flexibility index (Phi) is 5.38. The molecule has 0 aliphatic heterocycles. The maximum atomic E-state index is 11.8. The summed E-state index contributed by atoms with van der Waals surface area (Å²) in [5, 5.41) is 8.63. The molecule has 0 radical (unpaired) electrons. The van der Waals surface area contributed by atoms with Crippen LogP contribution in [0.4, 0.5) is 5.69 Å². The fourth-order valence-electron chi connectivity index (χ4n) is 4.58. The van der Waals surface area contributed by atoms with E-state index < -0.39 is 0 Å². The van der Waals surface area contributed by atoms with Crippen molar-refractivity contribution >= 4 is 23.0 Å². The molecular formula is C24H28N4O. The molecule has 0 saturated carbocycles. The number of carbonyl (C=O) groups is 1. The van der Waals surface area contributed by atoms with Crippen molar-refractivity contribution in [3.63, 3.8) is 0 Å². The molecule has 0 saturated heterocycles. The van der Waals surface area contributed by atoms with Crippen molar-refractivity contribution < 1.29 is 4.79 Å². The summed E-state index contributed by atoms with van der Waals surface area (Å²) >= 11 is 0. The highest BCUT2D eigenvalue weighted by Gasteiger charge is 2.24. The lowest BCUT2D eigenvalue weighted by Gasteiger charge is -2.24. The van der Waals surface area contributed by atoms with Gasteiger partial charge in [-0.2, -0.15) is 5.10 Å². The molecule has 2 N–H and O–H groups in total. The molecule has 0 unspecified atom stereocenters. The number of allylic oxidation sites excluding steroid dienone is 2. The van der Waals surface area contributed by atoms with Crippen molar-refractivity contribution in [1.29, 1.82) is 0 Å². The van der Waals surface area contributed by atoms with Gasteiger partial charge in [0.05, 0.1) is 17.6 Å². The summed E-state index contributed by atoms with van der Waals surface area (Å²) in [4.78, 5) is 17.3. The number of rotatable bonds is 8. The molecule has 1 amide bonds. The van der Waals surface area contributed by atoms with Crippen molar-refractivity contribution in [3.8, 4) is 11.4 Å². The van der Waals surface area contributed by atoms with Gasteiger partial charge in [-0.05, 0) is 73.8 Å². The van der Waals surface area contributed by atoms with Crippen LogP contribution in [0.1, 0.15) is 48.8 Å². The molecule has 0 bridgehead atoms. The maximum absolute atomic E-state index is 11.8. The fraction of sp³-hybridized carbons (Fsp3) is 0.333. The number of nitrogens with one attached hydrogen (secondary N) is 2. The van der Waals surface area contributed by atoms with Gasteiger partial charge in [0.1, 0.15) is 0 Å². The number of benzene rings is 1. The molecule has 1 aliphatic carbocycles. The maximum Gasteiger partial charge on any atom is 0.214 e. The zero-order valence-electron chi connectivity index (χ0n) is 17.0. The molecule has 1 aliphatic rings. The van der Waals surface area contributed by atoms with Gasteiger partial charge in [0.2, 0.25) is 6.41 Å². The van der Waals surface area contributed by atoms with E-state index >= 15 is 0 Å². The van der Waals surface area contributed by atoms with E-state index in [1.54, 1.807) is 4.90 Å². The average Bonchev–Trinajstić information content (AvgIpc) is 3.29. The summed E-state index contributed by atoms with van der Waals surface area (Å²) in [5.41, 5.74) is 8.04. The first kappa shape index (κ1) is 19.2. The summed E-state index contributed by atoms with van der Waals surface area (Å²) in [6, 6.07) is 4.41. The smallest absolute Gasteiger partial charge is 0.214 e. The lowest BCUT2D eigenvalue weighted by atomic mass is 9.89. The predicted molar refractivity (Wildman–Crippen MR) is 119 cm³/mol. The highest BCUT2D eigenvalue weighted by Crippen LogP contribution is 2.41. The van der Waals surface area contributed by atoms with E-state index in [1.807, 2.05) is 25.3 Å². The number of hydrogen-bond acceptors (Lipinski definition) is 2. The summed E-state index contributed by atoms with van der Waals surface area (Å²) < 4.78 is 0. The standard InChI is InChI=1S/C24H28N4O/c1-4-8-16(9-5-2)19-12-21-20(13-22(19)28(6-3)15-29)18-11-7-10-17-14-25-27-23(17)24(18)26-21/h4-5,12-16,26H,1-2,6-11H2,3H3,(H,25,27). The Bertz CT molecular complexity index is 1050. The lowest BCUT2D eigenvalue weighted by molar-refractivity contribution is -0.107. The fourth-order valence-corrected chi connectivity index (χ4v) is 4.58. The molecule has 29 heavy (non-hydrogen) atoms. The molecule has 4 rings (SSSR count). The zero-order chi connectivity index (χ0) is 20.4. The molecular weight excluding hydrogens is 360 g/mol. The third-order valence-corrected chi connectivity index (χ3v) is 6.01. The minimum atomic E-state index is 0.240. The van der Waals surface area contributed by atoms with E-state index in [0.717, 1.165) is 66.7 Å². The van der Waals surface area contributed by atoms with Crippen LogP contribution in [0.5, 0.6) is 0 Å². The molecule has 2 aromatic heterocycles. The first-order valence-corrected chi connectivity index (χ1v) is 10.4. The van der Waals surface area contributed by atoms with Crippen LogP contribution < -0.4 is 4.90 Å². The van der Waals surface area contributed by atoms with E-state index in [4.69, 9.17) is 0 Å². The first-order valence-electron chi connectivity index (χ1n) is 10.4. The van der Waals surface area contributed by atoms with Crippen LogP contribution in [0.3, 0.4) is 0 Å². The van der Waals surface area contributed by atoms with Crippen LogP contribution in [-0.2, 0) is 17.6 Å². The second-order valence-electron chi connectivity index (χ2n) is 7.70. The van der Waals surface area contributed by atoms with E-state index in [-0.39, 0.29) is 5.92 Å². The Balaban J connectivity index is 1.96. The normalized spacial score (nSPS) is 13.0. The monoisotopic (exact) mass is 388 g/mol. The molecule has 0 fully saturated rings. The van der Waals surface area contributed by atoms with Crippen molar-refractivity contribution in [2.75, 3.05) is 11.4 Å². The molecule has 0 atom stereocenters. The number of anilines is 1. The number of aromatic nitrogens is 3. The topological polar surface area (TPSA) is 64.8 Å². The number of aromatic amines is 2. The van der Waals surface area contributed by atoms with Gasteiger partial charge in [-0.15, -0.1) is 13.2 Å². The summed E-state index contributed by atoms with van der Waals surface area (Å²) in [6.45, 7) is 10.5. The van der Waals surface area contributed by atoms with Crippen molar-refractivity contribution in [1.82, 2.24) is 15.2 Å². The number of nitrogens with zero attached hydrogens (tertiary/aromatic N) is 2.